The second kappa shape index (κ2) is 7.69. The number of pyridine rings is 2. The number of fused-ring (bicyclic) bond motifs is 1. The van der Waals surface area contributed by atoms with Crippen LogP contribution in [0.5, 0.6) is 0 Å². The maximum Gasteiger partial charge on any atom is 0.417 e. The average Bonchev–Trinajstić information content (AvgIpc) is 2.73. The largest absolute Gasteiger partial charge is 0.417 e. The first-order valence-corrected chi connectivity index (χ1v) is 9.43. The minimum Gasteiger partial charge on any atom is -0.352 e. The van der Waals surface area contributed by atoms with Crippen molar-refractivity contribution >= 4 is 34.6 Å². The van der Waals surface area contributed by atoms with Crippen LogP contribution in [0.15, 0.2) is 41.5 Å². The molecule has 1 aliphatic heterocycles. The van der Waals surface area contributed by atoms with Gasteiger partial charge < -0.3 is 9.80 Å². The number of hydrogen-bond acceptors (Lipinski definition) is 7. The normalized spacial score (nSPS) is 14.8. The molecule has 0 amide bonds. The first-order valence-electron chi connectivity index (χ1n) is 9.05. The van der Waals surface area contributed by atoms with Crippen LogP contribution in [0.4, 0.5) is 30.5 Å². The van der Waals surface area contributed by atoms with Gasteiger partial charge in [-0.2, -0.15) is 13.2 Å². The van der Waals surface area contributed by atoms with Crippen LogP contribution in [-0.2, 0) is 6.18 Å². The summed E-state index contributed by atoms with van der Waals surface area (Å²) in [6, 6.07) is 5.61. The van der Waals surface area contributed by atoms with Crippen molar-refractivity contribution in [1.29, 1.82) is 0 Å². The smallest absolute Gasteiger partial charge is 0.352 e. The van der Waals surface area contributed by atoms with E-state index in [1.807, 2.05) is 0 Å². The number of halogens is 4. The van der Waals surface area contributed by atoms with Gasteiger partial charge in [0.25, 0.3) is 0 Å². The van der Waals surface area contributed by atoms with E-state index in [-0.39, 0.29) is 48.5 Å². The molecule has 1 aliphatic rings. The van der Waals surface area contributed by atoms with E-state index in [1.54, 1.807) is 28.0 Å². The maximum atomic E-state index is 12.8. The van der Waals surface area contributed by atoms with Crippen molar-refractivity contribution in [2.45, 2.75) is 6.18 Å². The van der Waals surface area contributed by atoms with Gasteiger partial charge in [0.1, 0.15) is 11.5 Å². The van der Waals surface area contributed by atoms with Crippen LogP contribution in [-0.4, -0.2) is 45.5 Å². The van der Waals surface area contributed by atoms with Crippen molar-refractivity contribution in [2.75, 3.05) is 36.0 Å². The Labute approximate surface area is 177 Å². The highest BCUT2D eigenvalue weighted by atomic mass is 35.5. The van der Waals surface area contributed by atoms with E-state index < -0.39 is 27.9 Å². The molecule has 3 aromatic heterocycles. The summed E-state index contributed by atoms with van der Waals surface area (Å²) < 4.78 is 39.6. The molecule has 0 aliphatic carbocycles. The molecule has 0 atom stereocenters. The van der Waals surface area contributed by atoms with E-state index in [0.717, 1.165) is 10.5 Å². The maximum absolute atomic E-state index is 12.8. The van der Waals surface area contributed by atoms with Gasteiger partial charge in [-0.15, -0.1) is 0 Å². The zero-order valence-corrected chi connectivity index (χ0v) is 16.5. The average molecular weight is 455 g/mol. The lowest BCUT2D eigenvalue weighted by Crippen LogP contribution is -2.47. The van der Waals surface area contributed by atoms with Crippen LogP contribution >= 0.6 is 11.6 Å². The fraction of sp³-hybridized carbons (Fsp3) is 0.278. The van der Waals surface area contributed by atoms with E-state index in [0.29, 0.717) is 6.20 Å². The van der Waals surface area contributed by atoms with Crippen molar-refractivity contribution in [1.82, 2.24) is 14.4 Å². The quantitative estimate of drug-likeness (QED) is 0.443. The summed E-state index contributed by atoms with van der Waals surface area (Å²) in [6.45, 7) is 1.00. The van der Waals surface area contributed by atoms with Gasteiger partial charge in [-0.05, 0) is 18.2 Å². The summed E-state index contributed by atoms with van der Waals surface area (Å²) in [4.78, 5) is 34.8. The molecule has 0 aromatic carbocycles. The van der Waals surface area contributed by atoms with Crippen LogP contribution < -0.4 is 15.4 Å². The SMILES string of the molecule is O=c1c([N+](=O)[O-])c(N2CCN(c3ncc(C(F)(F)F)cc3Cl)CC2)nc2ccccn12. The fourth-order valence-electron chi connectivity index (χ4n) is 3.40. The summed E-state index contributed by atoms with van der Waals surface area (Å²) in [5, 5.41) is 11.4. The van der Waals surface area contributed by atoms with E-state index in [2.05, 4.69) is 9.97 Å². The molecule has 1 fully saturated rings. The molecular weight excluding hydrogens is 441 g/mol. The topological polar surface area (TPSA) is 96.9 Å². The molecule has 1 saturated heterocycles. The molecule has 0 spiro atoms. The third-order valence-electron chi connectivity index (χ3n) is 4.90. The standard InChI is InChI=1S/C18H14ClF3N6O3/c19-12-9-11(18(20,21)22)10-23-15(12)25-5-7-26(8-6-25)16-14(28(30)31)17(29)27-4-2-1-3-13(27)24-16/h1-4,9-10H,5-8H2. The number of anilines is 2. The monoisotopic (exact) mass is 454 g/mol. The lowest BCUT2D eigenvalue weighted by molar-refractivity contribution is -0.385. The number of piperazine rings is 1. The number of rotatable bonds is 3. The molecule has 3 aromatic rings. The third-order valence-corrected chi connectivity index (χ3v) is 5.18. The summed E-state index contributed by atoms with van der Waals surface area (Å²) >= 11 is 6.01. The molecule has 31 heavy (non-hydrogen) atoms. The molecule has 0 bridgehead atoms. The molecule has 9 nitrogen and oxygen atoms in total. The fourth-order valence-corrected chi connectivity index (χ4v) is 3.68. The zero-order chi connectivity index (χ0) is 22.3. The summed E-state index contributed by atoms with van der Waals surface area (Å²) in [6.07, 6.45) is -2.44. The first-order chi connectivity index (χ1) is 14.7. The first kappa shape index (κ1) is 20.8. The summed E-state index contributed by atoms with van der Waals surface area (Å²) in [5.41, 5.74) is -2.11. The van der Waals surface area contributed by atoms with Gasteiger partial charge in [-0.25, -0.2) is 9.97 Å². The van der Waals surface area contributed by atoms with Gasteiger partial charge in [0, 0.05) is 38.6 Å². The van der Waals surface area contributed by atoms with E-state index in [1.165, 1.54) is 6.20 Å². The second-order valence-corrected chi connectivity index (χ2v) is 7.18. The molecule has 0 N–H and O–H groups in total. The highest BCUT2D eigenvalue weighted by molar-refractivity contribution is 6.33. The Kier molecular flexibility index (Phi) is 5.17. The van der Waals surface area contributed by atoms with Gasteiger partial charge in [-0.1, -0.05) is 17.7 Å². The summed E-state index contributed by atoms with van der Waals surface area (Å²) in [7, 11) is 0. The number of hydrogen-bond donors (Lipinski definition) is 0. The molecule has 4 rings (SSSR count). The van der Waals surface area contributed by atoms with Gasteiger partial charge in [0.15, 0.2) is 0 Å². The van der Waals surface area contributed by atoms with Crippen LogP contribution in [0.25, 0.3) is 5.65 Å². The Balaban J connectivity index is 1.61. The zero-order valence-electron chi connectivity index (χ0n) is 15.7. The van der Waals surface area contributed by atoms with Gasteiger partial charge in [0.2, 0.25) is 5.82 Å². The third kappa shape index (κ3) is 3.85. The molecule has 4 heterocycles. The number of nitro groups is 1. The molecule has 0 saturated carbocycles. The Morgan fingerprint density at radius 3 is 2.32 bits per heavy atom. The minimum atomic E-state index is -4.55. The molecule has 13 heteroatoms. The van der Waals surface area contributed by atoms with Crippen molar-refractivity contribution < 1.29 is 18.1 Å². The lowest BCUT2D eigenvalue weighted by atomic mass is 10.2. The Morgan fingerprint density at radius 1 is 1.10 bits per heavy atom. The van der Waals surface area contributed by atoms with E-state index >= 15 is 0 Å². The molecule has 0 unspecified atom stereocenters. The molecule has 0 radical (unpaired) electrons. The van der Waals surface area contributed by atoms with Crippen LogP contribution in [0.3, 0.4) is 0 Å². The molecule has 162 valence electrons. The predicted molar refractivity (Wildman–Crippen MR) is 107 cm³/mol. The number of nitrogens with zero attached hydrogens (tertiary/aromatic N) is 6. The van der Waals surface area contributed by atoms with Gasteiger partial charge in [-0.3, -0.25) is 19.3 Å². The Bertz CT molecular complexity index is 1220. The van der Waals surface area contributed by atoms with Crippen LogP contribution in [0.1, 0.15) is 5.56 Å². The van der Waals surface area contributed by atoms with Gasteiger partial charge in [0.05, 0.1) is 15.5 Å². The van der Waals surface area contributed by atoms with Gasteiger partial charge >= 0.3 is 17.4 Å². The van der Waals surface area contributed by atoms with E-state index in [4.69, 9.17) is 11.6 Å². The molecular formula is C18H14ClF3N6O3. The van der Waals surface area contributed by atoms with Crippen molar-refractivity contribution in [3.05, 3.63) is 67.7 Å². The highest BCUT2D eigenvalue weighted by Gasteiger charge is 2.33. The van der Waals surface area contributed by atoms with Crippen molar-refractivity contribution in [3.8, 4) is 0 Å². The van der Waals surface area contributed by atoms with E-state index in [9.17, 15) is 28.1 Å². The minimum absolute atomic E-state index is 0.0488. The lowest BCUT2D eigenvalue weighted by Gasteiger charge is -2.36. The predicted octanol–water partition coefficient (Wildman–Crippen LogP) is 3.00. The highest BCUT2D eigenvalue weighted by Crippen LogP contribution is 2.34. The number of alkyl halides is 3. The summed E-state index contributed by atoms with van der Waals surface area (Å²) in [5.74, 6) is 0.141. The number of aromatic nitrogens is 3. The Morgan fingerprint density at radius 2 is 1.74 bits per heavy atom. The van der Waals surface area contributed by atoms with Crippen LogP contribution in [0, 0.1) is 10.1 Å². The van der Waals surface area contributed by atoms with Crippen LogP contribution in [0.2, 0.25) is 5.02 Å². The van der Waals surface area contributed by atoms with Crippen molar-refractivity contribution in [2.24, 2.45) is 0 Å². The second-order valence-electron chi connectivity index (χ2n) is 6.78. The Hall–Kier alpha value is -3.41. The van der Waals surface area contributed by atoms with Crippen molar-refractivity contribution in [3.63, 3.8) is 0 Å².